The number of carbonyl (C=O) groups is 2. The Bertz CT molecular complexity index is 278. The van der Waals surface area contributed by atoms with Crippen LogP contribution in [0.25, 0.3) is 0 Å². The van der Waals surface area contributed by atoms with Crippen molar-refractivity contribution in [1.82, 2.24) is 0 Å². The minimum Gasteiger partial charge on any atom is -0.462 e. The smallest absolute Gasteiger partial charge is 0.306 e. The van der Waals surface area contributed by atoms with Crippen LogP contribution in [0.5, 0.6) is 0 Å². The molecule has 0 radical (unpaired) electrons. The second-order valence-corrected chi connectivity index (χ2v) is 5.25. The van der Waals surface area contributed by atoms with Gasteiger partial charge in [-0.2, -0.15) is 0 Å². The Morgan fingerprint density at radius 2 is 1.52 bits per heavy atom. The van der Waals surface area contributed by atoms with Crippen molar-refractivity contribution in [2.75, 3.05) is 13.2 Å². The van der Waals surface area contributed by atoms with Crippen LogP contribution in [0.3, 0.4) is 0 Å². The van der Waals surface area contributed by atoms with Crippen LogP contribution in [0, 0.1) is 0 Å². The molecule has 5 heteroatoms. The highest BCUT2D eigenvalue weighted by atomic mass is 16.6. The number of hydrogen-bond acceptors (Lipinski definition) is 5. The molecule has 0 aromatic carbocycles. The van der Waals surface area contributed by atoms with Crippen LogP contribution >= 0.6 is 0 Å². The third-order valence-electron chi connectivity index (χ3n) is 3.15. The fraction of sp³-hybridized carbons (Fsp3) is 0.875. The van der Waals surface area contributed by atoms with E-state index in [2.05, 4.69) is 6.92 Å². The summed E-state index contributed by atoms with van der Waals surface area (Å²) in [6, 6.07) is 0. The Labute approximate surface area is 128 Å². The molecule has 1 N–H and O–H groups in total. The standard InChI is InChI=1S/C16H30O5/c1-3-5-7-8-9-11-16(19)21-14(12-17)13-20-15(18)10-6-4-2/h14,17H,3-13H2,1-2H3. The zero-order valence-corrected chi connectivity index (χ0v) is 13.4. The zero-order valence-electron chi connectivity index (χ0n) is 13.4. The molecule has 0 spiro atoms. The summed E-state index contributed by atoms with van der Waals surface area (Å²) in [5.41, 5.74) is 0. The maximum absolute atomic E-state index is 11.6. The van der Waals surface area contributed by atoms with Crippen LogP contribution in [0.4, 0.5) is 0 Å². The highest BCUT2D eigenvalue weighted by Gasteiger charge is 2.15. The van der Waals surface area contributed by atoms with Gasteiger partial charge in [-0.1, -0.05) is 46.0 Å². The van der Waals surface area contributed by atoms with Crippen molar-refractivity contribution in [3.05, 3.63) is 0 Å². The van der Waals surface area contributed by atoms with Crippen LogP contribution in [0.15, 0.2) is 0 Å². The molecule has 0 aliphatic carbocycles. The summed E-state index contributed by atoms with van der Waals surface area (Å²) < 4.78 is 10.1. The van der Waals surface area contributed by atoms with Crippen LogP contribution in [0.2, 0.25) is 0 Å². The number of aliphatic hydroxyl groups excluding tert-OH is 1. The fourth-order valence-corrected chi connectivity index (χ4v) is 1.82. The summed E-state index contributed by atoms with van der Waals surface area (Å²) in [7, 11) is 0. The summed E-state index contributed by atoms with van der Waals surface area (Å²) in [5, 5.41) is 9.14. The minimum absolute atomic E-state index is 0.0688. The molecule has 0 fully saturated rings. The van der Waals surface area contributed by atoms with Crippen molar-refractivity contribution in [1.29, 1.82) is 0 Å². The highest BCUT2D eigenvalue weighted by molar-refractivity contribution is 5.70. The van der Waals surface area contributed by atoms with Crippen molar-refractivity contribution in [2.24, 2.45) is 0 Å². The molecule has 0 aliphatic heterocycles. The molecule has 0 saturated carbocycles. The molecule has 0 aliphatic rings. The summed E-state index contributed by atoms with van der Waals surface area (Å²) in [5.74, 6) is -0.652. The molecule has 0 rings (SSSR count). The van der Waals surface area contributed by atoms with E-state index in [1.165, 1.54) is 12.8 Å². The quantitative estimate of drug-likeness (QED) is 0.418. The first-order valence-electron chi connectivity index (χ1n) is 8.09. The molecule has 0 bridgehead atoms. The number of ether oxygens (including phenoxy) is 2. The molecule has 0 amide bonds. The van der Waals surface area contributed by atoms with E-state index in [1.807, 2.05) is 6.92 Å². The van der Waals surface area contributed by atoms with Crippen LogP contribution in [-0.4, -0.2) is 36.4 Å². The van der Waals surface area contributed by atoms with Crippen molar-refractivity contribution in [3.63, 3.8) is 0 Å². The van der Waals surface area contributed by atoms with Gasteiger partial charge >= 0.3 is 11.9 Å². The second kappa shape index (κ2) is 13.9. The fourth-order valence-electron chi connectivity index (χ4n) is 1.82. The Morgan fingerprint density at radius 3 is 2.14 bits per heavy atom. The number of hydrogen-bond donors (Lipinski definition) is 1. The molecule has 1 atom stereocenters. The van der Waals surface area contributed by atoms with Crippen LogP contribution in [0.1, 0.15) is 71.6 Å². The first-order valence-corrected chi connectivity index (χ1v) is 8.09. The van der Waals surface area contributed by atoms with E-state index in [1.54, 1.807) is 0 Å². The predicted molar refractivity (Wildman–Crippen MR) is 80.8 cm³/mol. The zero-order chi connectivity index (χ0) is 15.9. The van der Waals surface area contributed by atoms with E-state index in [-0.39, 0.29) is 25.2 Å². The Kier molecular flexibility index (Phi) is 13.1. The molecule has 1 unspecified atom stereocenters. The van der Waals surface area contributed by atoms with Gasteiger partial charge in [-0.3, -0.25) is 9.59 Å². The SMILES string of the molecule is CCCCCCCC(=O)OC(CO)COC(=O)CCCC. The minimum atomic E-state index is -0.751. The van der Waals surface area contributed by atoms with Gasteiger partial charge in [-0.25, -0.2) is 0 Å². The molecule has 0 aromatic rings. The molecule has 0 aromatic heterocycles. The molecule has 5 nitrogen and oxygen atoms in total. The van der Waals surface area contributed by atoms with E-state index in [0.717, 1.165) is 32.1 Å². The van der Waals surface area contributed by atoms with Crippen molar-refractivity contribution >= 4 is 11.9 Å². The van der Waals surface area contributed by atoms with Gasteiger partial charge in [0, 0.05) is 12.8 Å². The third-order valence-corrected chi connectivity index (χ3v) is 3.15. The first-order chi connectivity index (χ1) is 10.1. The topological polar surface area (TPSA) is 72.8 Å². The average Bonchev–Trinajstić information content (AvgIpc) is 2.49. The van der Waals surface area contributed by atoms with Crippen molar-refractivity contribution in [3.8, 4) is 0 Å². The van der Waals surface area contributed by atoms with Gasteiger partial charge in [0.1, 0.15) is 6.61 Å². The molecule has 21 heavy (non-hydrogen) atoms. The van der Waals surface area contributed by atoms with E-state index in [4.69, 9.17) is 14.6 Å². The van der Waals surface area contributed by atoms with Gasteiger partial charge < -0.3 is 14.6 Å². The second-order valence-electron chi connectivity index (χ2n) is 5.25. The maximum atomic E-state index is 11.6. The molecule has 124 valence electrons. The van der Waals surface area contributed by atoms with E-state index >= 15 is 0 Å². The van der Waals surface area contributed by atoms with Crippen LogP contribution < -0.4 is 0 Å². The normalized spacial score (nSPS) is 12.0. The Balaban J connectivity index is 3.76. The maximum Gasteiger partial charge on any atom is 0.306 e. The van der Waals surface area contributed by atoms with Gasteiger partial charge in [-0.05, 0) is 12.8 Å². The monoisotopic (exact) mass is 302 g/mol. The molecule has 0 saturated heterocycles. The molecule has 0 heterocycles. The van der Waals surface area contributed by atoms with Crippen LogP contribution in [-0.2, 0) is 19.1 Å². The molecular formula is C16H30O5. The van der Waals surface area contributed by atoms with E-state index in [0.29, 0.717) is 12.8 Å². The predicted octanol–water partition coefficient (Wildman–Crippen LogP) is 2.98. The largest absolute Gasteiger partial charge is 0.462 e. The van der Waals surface area contributed by atoms with Gasteiger partial charge in [0.15, 0.2) is 6.10 Å². The van der Waals surface area contributed by atoms with Crippen molar-refractivity contribution in [2.45, 2.75) is 77.7 Å². The number of aliphatic hydroxyl groups is 1. The number of rotatable bonds is 13. The van der Waals surface area contributed by atoms with Gasteiger partial charge in [0.2, 0.25) is 0 Å². The van der Waals surface area contributed by atoms with Crippen molar-refractivity contribution < 1.29 is 24.2 Å². The molecular weight excluding hydrogens is 272 g/mol. The lowest BCUT2D eigenvalue weighted by Gasteiger charge is -2.15. The lowest BCUT2D eigenvalue weighted by molar-refractivity contribution is -0.161. The Morgan fingerprint density at radius 1 is 0.905 bits per heavy atom. The van der Waals surface area contributed by atoms with E-state index < -0.39 is 6.10 Å². The summed E-state index contributed by atoms with van der Waals surface area (Å²) >= 11 is 0. The highest BCUT2D eigenvalue weighted by Crippen LogP contribution is 2.07. The number of carbonyl (C=O) groups excluding carboxylic acids is 2. The van der Waals surface area contributed by atoms with E-state index in [9.17, 15) is 9.59 Å². The summed E-state index contributed by atoms with van der Waals surface area (Å²) in [4.78, 5) is 22.9. The lowest BCUT2D eigenvalue weighted by atomic mass is 10.1. The first kappa shape index (κ1) is 19.9. The number of esters is 2. The van der Waals surface area contributed by atoms with Gasteiger partial charge in [0.25, 0.3) is 0 Å². The van der Waals surface area contributed by atoms with Gasteiger partial charge in [0.05, 0.1) is 6.61 Å². The van der Waals surface area contributed by atoms with Gasteiger partial charge in [-0.15, -0.1) is 0 Å². The summed E-state index contributed by atoms with van der Waals surface area (Å²) in [6.45, 7) is 3.73. The summed E-state index contributed by atoms with van der Waals surface area (Å²) in [6.07, 6.45) is 6.95. The lowest BCUT2D eigenvalue weighted by Crippen LogP contribution is -2.28. The third kappa shape index (κ3) is 12.4. The number of unbranched alkanes of at least 4 members (excludes halogenated alkanes) is 5. The Hall–Kier alpha value is -1.10. The average molecular weight is 302 g/mol.